The number of halogens is 3. The van der Waals surface area contributed by atoms with E-state index in [9.17, 15) is 0 Å². The first-order chi connectivity index (χ1) is 9.10. The Bertz CT molecular complexity index is 590. The number of rotatable bonds is 4. The van der Waals surface area contributed by atoms with Gasteiger partial charge in [0.1, 0.15) is 5.75 Å². The van der Waals surface area contributed by atoms with E-state index < -0.39 is 0 Å². The Labute approximate surface area is 134 Å². The van der Waals surface area contributed by atoms with Crippen molar-refractivity contribution in [2.45, 2.75) is 6.54 Å². The number of methoxy groups -OCH3 is 1. The highest BCUT2D eigenvalue weighted by molar-refractivity contribution is 9.10. The van der Waals surface area contributed by atoms with Crippen molar-refractivity contribution in [3.63, 3.8) is 0 Å². The molecule has 5 heteroatoms. The summed E-state index contributed by atoms with van der Waals surface area (Å²) in [5.74, 6) is 0.813. The van der Waals surface area contributed by atoms with Gasteiger partial charge in [-0.05, 0) is 45.8 Å². The Balaban J connectivity index is 2.14. The van der Waals surface area contributed by atoms with E-state index >= 15 is 0 Å². The van der Waals surface area contributed by atoms with Gasteiger partial charge in [0.25, 0.3) is 0 Å². The molecule has 0 bridgehead atoms. The van der Waals surface area contributed by atoms with Gasteiger partial charge in [-0.2, -0.15) is 0 Å². The highest BCUT2D eigenvalue weighted by Gasteiger charge is 2.04. The Hall–Kier alpha value is -0.710. The molecule has 2 aromatic rings. The van der Waals surface area contributed by atoms with Crippen molar-refractivity contribution in [1.29, 1.82) is 0 Å². The van der Waals surface area contributed by atoms with E-state index in [1.807, 2.05) is 36.4 Å². The van der Waals surface area contributed by atoms with Crippen molar-refractivity contribution in [2.24, 2.45) is 0 Å². The summed E-state index contributed by atoms with van der Waals surface area (Å²) in [4.78, 5) is 0. The number of hydrogen-bond donors (Lipinski definition) is 1. The van der Waals surface area contributed by atoms with E-state index in [2.05, 4.69) is 37.2 Å². The first-order valence-electron chi connectivity index (χ1n) is 5.61. The molecule has 1 N–H and O–H groups in total. The van der Waals surface area contributed by atoms with Crippen LogP contribution in [0, 0.1) is 0 Å². The molecule has 100 valence electrons. The van der Waals surface area contributed by atoms with Crippen LogP contribution in [0.15, 0.2) is 45.3 Å². The van der Waals surface area contributed by atoms with Gasteiger partial charge in [-0.25, -0.2) is 0 Å². The van der Waals surface area contributed by atoms with Crippen LogP contribution in [0.25, 0.3) is 0 Å². The summed E-state index contributed by atoms with van der Waals surface area (Å²) in [6.45, 7) is 0.651. The van der Waals surface area contributed by atoms with Crippen molar-refractivity contribution in [3.05, 3.63) is 55.9 Å². The molecule has 0 saturated carbocycles. The molecule has 0 aromatic heterocycles. The second kappa shape index (κ2) is 6.64. The van der Waals surface area contributed by atoms with E-state index in [-0.39, 0.29) is 0 Å². The lowest BCUT2D eigenvalue weighted by Crippen LogP contribution is -2.01. The molecule has 2 rings (SSSR count). The lowest BCUT2D eigenvalue weighted by Gasteiger charge is -2.11. The van der Waals surface area contributed by atoms with E-state index in [1.54, 1.807) is 7.11 Å². The van der Waals surface area contributed by atoms with Gasteiger partial charge in [-0.15, -0.1) is 0 Å². The monoisotopic (exact) mass is 403 g/mol. The molecule has 0 saturated heterocycles. The number of ether oxygens (including phenoxy) is 1. The molecule has 0 aliphatic rings. The van der Waals surface area contributed by atoms with Gasteiger partial charge in [0.05, 0.1) is 12.8 Å². The Morgan fingerprint density at radius 2 is 1.95 bits per heavy atom. The summed E-state index contributed by atoms with van der Waals surface area (Å²) >= 11 is 13.1. The number of anilines is 1. The van der Waals surface area contributed by atoms with Crippen LogP contribution >= 0.6 is 43.5 Å². The molecular formula is C14H12Br2ClNO. The predicted octanol–water partition coefficient (Wildman–Crippen LogP) is 5.49. The SMILES string of the molecule is COc1ccc(Br)c(NCc2ccc(Br)cc2Cl)c1. The van der Waals surface area contributed by atoms with Gasteiger partial charge in [0.15, 0.2) is 0 Å². The lowest BCUT2D eigenvalue weighted by molar-refractivity contribution is 0.415. The van der Waals surface area contributed by atoms with Gasteiger partial charge in [0, 0.05) is 26.6 Å². The summed E-state index contributed by atoms with van der Waals surface area (Å²) in [5, 5.41) is 4.07. The second-order valence-electron chi connectivity index (χ2n) is 3.94. The minimum Gasteiger partial charge on any atom is -0.497 e. The third-order valence-electron chi connectivity index (χ3n) is 2.66. The zero-order chi connectivity index (χ0) is 13.8. The maximum atomic E-state index is 6.19. The average molecular weight is 406 g/mol. The number of nitrogens with one attached hydrogen (secondary N) is 1. The molecule has 0 amide bonds. The largest absolute Gasteiger partial charge is 0.497 e. The van der Waals surface area contributed by atoms with Crippen LogP contribution in [0.4, 0.5) is 5.69 Å². The first kappa shape index (κ1) is 14.7. The smallest absolute Gasteiger partial charge is 0.121 e. The molecule has 0 heterocycles. The van der Waals surface area contributed by atoms with Gasteiger partial charge < -0.3 is 10.1 Å². The van der Waals surface area contributed by atoms with Gasteiger partial charge in [-0.3, -0.25) is 0 Å². The van der Waals surface area contributed by atoms with Crippen LogP contribution in [0.5, 0.6) is 5.75 Å². The maximum absolute atomic E-state index is 6.19. The quantitative estimate of drug-likeness (QED) is 0.727. The van der Waals surface area contributed by atoms with Crippen molar-refractivity contribution in [3.8, 4) is 5.75 Å². The van der Waals surface area contributed by atoms with Crippen LogP contribution in [-0.2, 0) is 6.54 Å². The van der Waals surface area contributed by atoms with Crippen LogP contribution in [0.2, 0.25) is 5.02 Å². The third kappa shape index (κ3) is 3.88. The second-order valence-corrected chi connectivity index (χ2v) is 6.11. The lowest BCUT2D eigenvalue weighted by atomic mass is 10.2. The molecule has 19 heavy (non-hydrogen) atoms. The fraction of sp³-hybridized carbons (Fsp3) is 0.143. The number of benzene rings is 2. The van der Waals surface area contributed by atoms with Gasteiger partial charge in [-0.1, -0.05) is 33.6 Å². The Morgan fingerprint density at radius 3 is 2.63 bits per heavy atom. The van der Waals surface area contributed by atoms with Crippen LogP contribution < -0.4 is 10.1 Å². The molecule has 0 unspecified atom stereocenters. The highest BCUT2D eigenvalue weighted by Crippen LogP contribution is 2.28. The normalized spacial score (nSPS) is 10.3. The Kier molecular flexibility index (Phi) is 5.13. The summed E-state index contributed by atoms with van der Waals surface area (Å²) < 4.78 is 7.17. The number of hydrogen-bond acceptors (Lipinski definition) is 2. The van der Waals surface area contributed by atoms with Gasteiger partial charge >= 0.3 is 0 Å². The Morgan fingerprint density at radius 1 is 1.16 bits per heavy atom. The summed E-state index contributed by atoms with van der Waals surface area (Å²) in [5.41, 5.74) is 2.01. The molecule has 2 nitrogen and oxygen atoms in total. The topological polar surface area (TPSA) is 21.3 Å². The molecule has 0 aliphatic heterocycles. The summed E-state index contributed by atoms with van der Waals surface area (Å²) in [6, 6.07) is 11.7. The van der Waals surface area contributed by atoms with Crippen molar-refractivity contribution < 1.29 is 4.74 Å². The predicted molar refractivity (Wildman–Crippen MR) is 87.2 cm³/mol. The van der Waals surface area contributed by atoms with Crippen LogP contribution in [0.1, 0.15) is 5.56 Å². The van der Waals surface area contributed by atoms with E-state index in [0.29, 0.717) is 6.54 Å². The fourth-order valence-electron chi connectivity index (χ4n) is 1.62. The zero-order valence-corrected chi connectivity index (χ0v) is 14.1. The molecular weight excluding hydrogens is 393 g/mol. The average Bonchev–Trinajstić information content (AvgIpc) is 2.39. The fourth-order valence-corrected chi connectivity index (χ4v) is 2.75. The minimum atomic E-state index is 0.651. The van der Waals surface area contributed by atoms with Crippen LogP contribution in [0.3, 0.4) is 0 Å². The molecule has 2 aromatic carbocycles. The third-order valence-corrected chi connectivity index (χ3v) is 4.19. The summed E-state index contributed by atoms with van der Waals surface area (Å²) in [6.07, 6.45) is 0. The molecule has 0 atom stereocenters. The van der Waals surface area contributed by atoms with E-state index in [1.165, 1.54) is 0 Å². The first-order valence-corrected chi connectivity index (χ1v) is 7.58. The van der Waals surface area contributed by atoms with Crippen molar-refractivity contribution in [1.82, 2.24) is 0 Å². The van der Waals surface area contributed by atoms with Crippen molar-refractivity contribution >= 4 is 49.1 Å². The zero-order valence-electron chi connectivity index (χ0n) is 10.2. The van der Waals surface area contributed by atoms with E-state index in [0.717, 1.165) is 31.0 Å². The molecule has 0 fully saturated rings. The maximum Gasteiger partial charge on any atom is 0.121 e. The van der Waals surface area contributed by atoms with E-state index in [4.69, 9.17) is 16.3 Å². The molecule has 0 radical (unpaired) electrons. The van der Waals surface area contributed by atoms with Crippen LogP contribution in [-0.4, -0.2) is 7.11 Å². The molecule has 0 spiro atoms. The minimum absolute atomic E-state index is 0.651. The molecule has 0 aliphatic carbocycles. The highest BCUT2D eigenvalue weighted by atomic mass is 79.9. The van der Waals surface area contributed by atoms with Gasteiger partial charge in [0.2, 0.25) is 0 Å². The summed E-state index contributed by atoms with van der Waals surface area (Å²) in [7, 11) is 1.65. The van der Waals surface area contributed by atoms with Crippen molar-refractivity contribution in [2.75, 3.05) is 12.4 Å². The standard InChI is InChI=1S/C14H12Br2ClNO/c1-19-11-4-5-12(16)14(7-11)18-8-9-2-3-10(15)6-13(9)17/h2-7,18H,8H2,1H3.